The SMILES string of the molecule is CCCCCC1CCC(c2ccc(-c3cc(F)c(C(F)(F)Oc4ccc(-c5cc(F)c(OC(F)(F)F)c(F)c5)c(F)c4)c(F)c3)c(F)c2)CC1. The minimum absolute atomic E-state index is 0.132. The molecule has 5 rings (SSSR count). The van der Waals surface area contributed by atoms with E-state index in [1.807, 2.05) is 0 Å². The minimum Gasteiger partial charge on any atom is -0.429 e. The molecular weight excluding hydrogens is 685 g/mol. The van der Waals surface area contributed by atoms with Crippen LogP contribution in [-0.4, -0.2) is 6.36 Å². The van der Waals surface area contributed by atoms with Crippen molar-refractivity contribution >= 4 is 0 Å². The summed E-state index contributed by atoms with van der Waals surface area (Å²) in [5, 5.41) is 0. The van der Waals surface area contributed by atoms with E-state index in [1.54, 1.807) is 6.07 Å². The maximum atomic E-state index is 15.2. The van der Waals surface area contributed by atoms with Crippen molar-refractivity contribution in [1.82, 2.24) is 0 Å². The first-order chi connectivity index (χ1) is 23.6. The first kappa shape index (κ1) is 37.0. The fourth-order valence-corrected chi connectivity index (χ4v) is 6.41. The van der Waals surface area contributed by atoms with Gasteiger partial charge >= 0.3 is 12.5 Å². The molecule has 0 bridgehead atoms. The molecule has 1 aliphatic carbocycles. The van der Waals surface area contributed by atoms with Gasteiger partial charge in [-0.1, -0.05) is 44.7 Å². The zero-order chi connectivity index (χ0) is 36.4. The molecule has 268 valence electrons. The molecule has 13 heteroatoms. The second-order valence-electron chi connectivity index (χ2n) is 12.3. The standard InChI is InChI=1S/C37H31F11O2/c1-2-3-4-5-20-6-8-21(9-7-20)22-10-12-26(28(38)14-22)23-15-30(40)34(31(41)16-23)36(44,45)49-25-11-13-27(29(39)19-25)24-17-32(42)35(33(43)18-24)50-37(46,47)48/h10-21H,2-9H2,1H3. The molecule has 0 aliphatic heterocycles. The molecular formula is C37H31F11O2. The Hall–Kier alpha value is -4.29. The van der Waals surface area contributed by atoms with Crippen LogP contribution < -0.4 is 9.47 Å². The van der Waals surface area contributed by atoms with Gasteiger partial charge in [0.05, 0.1) is 0 Å². The third-order valence-electron chi connectivity index (χ3n) is 8.89. The van der Waals surface area contributed by atoms with E-state index in [4.69, 9.17) is 0 Å². The summed E-state index contributed by atoms with van der Waals surface area (Å²) < 4.78 is 164. The number of ether oxygens (including phenoxy) is 2. The Morgan fingerprint density at radius 1 is 0.600 bits per heavy atom. The van der Waals surface area contributed by atoms with Crippen LogP contribution in [0.15, 0.2) is 60.7 Å². The summed E-state index contributed by atoms with van der Waals surface area (Å²) in [4.78, 5) is 0. The fourth-order valence-electron chi connectivity index (χ4n) is 6.41. The van der Waals surface area contributed by atoms with Crippen LogP contribution in [-0.2, 0) is 6.11 Å². The smallest absolute Gasteiger partial charge is 0.429 e. The van der Waals surface area contributed by atoms with Crippen LogP contribution in [0.1, 0.15) is 75.3 Å². The molecule has 0 radical (unpaired) electrons. The Morgan fingerprint density at radius 2 is 1.14 bits per heavy atom. The van der Waals surface area contributed by atoms with Gasteiger partial charge in [0, 0.05) is 17.2 Å². The first-order valence-electron chi connectivity index (χ1n) is 16.0. The number of halogens is 11. The average Bonchev–Trinajstić information content (AvgIpc) is 3.02. The topological polar surface area (TPSA) is 18.5 Å². The lowest BCUT2D eigenvalue weighted by atomic mass is 9.77. The van der Waals surface area contributed by atoms with E-state index in [1.165, 1.54) is 31.4 Å². The lowest BCUT2D eigenvalue weighted by molar-refractivity contribution is -0.276. The summed E-state index contributed by atoms with van der Waals surface area (Å²) >= 11 is 0. The number of unbranched alkanes of at least 4 members (excludes halogenated alkanes) is 2. The van der Waals surface area contributed by atoms with Gasteiger partial charge < -0.3 is 9.47 Å². The van der Waals surface area contributed by atoms with Crippen molar-refractivity contribution in [2.75, 3.05) is 0 Å². The number of alkyl halides is 5. The normalized spacial score (nSPS) is 16.8. The van der Waals surface area contributed by atoms with E-state index >= 15 is 22.0 Å². The molecule has 0 unspecified atom stereocenters. The highest BCUT2D eigenvalue weighted by Gasteiger charge is 2.41. The van der Waals surface area contributed by atoms with Crippen molar-refractivity contribution in [2.45, 2.75) is 76.7 Å². The zero-order valence-electron chi connectivity index (χ0n) is 26.6. The molecule has 1 fully saturated rings. The molecule has 0 amide bonds. The Labute approximate surface area is 280 Å². The van der Waals surface area contributed by atoms with Crippen LogP contribution in [0.4, 0.5) is 48.3 Å². The average molecular weight is 717 g/mol. The summed E-state index contributed by atoms with van der Waals surface area (Å²) in [6, 6.07) is 7.70. The lowest BCUT2D eigenvalue weighted by Gasteiger charge is -2.29. The first-order valence-corrected chi connectivity index (χ1v) is 16.0. The Balaban J connectivity index is 1.31. The molecule has 50 heavy (non-hydrogen) atoms. The van der Waals surface area contributed by atoms with Crippen molar-refractivity contribution in [1.29, 1.82) is 0 Å². The van der Waals surface area contributed by atoms with Gasteiger partial charge in [0.2, 0.25) is 5.75 Å². The summed E-state index contributed by atoms with van der Waals surface area (Å²) in [7, 11) is 0. The number of benzene rings is 4. The van der Waals surface area contributed by atoms with E-state index in [2.05, 4.69) is 16.4 Å². The van der Waals surface area contributed by atoms with Crippen molar-refractivity contribution in [3.05, 3.63) is 107 Å². The molecule has 0 heterocycles. The van der Waals surface area contributed by atoms with Crippen molar-refractivity contribution in [3.8, 4) is 33.8 Å². The molecule has 2 nitrogen and oxygen atoms in total. The second-order valence-corrected chi connectivity index (χ2v) is 12.3. The van der Waals surface area contributed by atoms with E-state index < -0.39 is 75.6 Å². The van der Waals surface area contributed by atoms with Gasteiger partial charge in [-0.25, -0.2) is 26.3 Å². The molecule has 0 saturated heterocycles. The van der Waals surface area contributed by atoms with E-state index in [9.17, 15) is 26.3 Å². The van der Waals surface area contributed by atoms with Crippen LogP contribution in [0.25, 0.3) is 22.3 Å². The van der Waals surface area contributed by atoms with E-state index in [0.717, 1.165) is 37.7 Å². The second kappa shape index (κ2) is 14.9. The van der Waals surface area contributed by atoms with E-state index in [-0.39, 0.29) is 17.0 Å². The van der Waals surface area contributed by atoms with Gasteiger partial charge in [-0.05, 0) is 96.7 Å². The predicted molar refractivity (Wildman–Crippen MR) is 164 cm³/mol. The van der Waals surface area contributed by atoms with Crippen LogP contribution in [0, 0.1) is 40.8 Å². The van der Waals surface area contributed by atoms with Gasteiger partial charge in [0.25, 0.3) is 0 Å². The molecule has 0 N–H and O–H groups in total. The molecule has 4 aromatic rings. The lowest BCUT2D eigenvalue weighted by Crippen LogP contribution is -2.25. The monoisotopic (exact) mass is 716 g/mol. The van der Waals surface area contributed by atoms with Crippen LogP contribution in [0.3, 0.4) is 0 Å². The number of hydrogen-bond donors (Lipinski definition) is 0. The van der Waals surface area contributed by atoms with Crippen LogP contribution in [0.2, 0.25) is 0 Å². The molecule has 4 aromatic carbocycles. The van der Waals surface area contributed by atoms with Crippen LogP contribution in [0.5, 0.6) is 11.5 Å². The Kier molecular flexibility index (Phi) is 11.0. The quantitative estimate of drug-likeness (QED) is 0.114. The fraction of sp³-hybridized carbons (Fsp3) is 0.351. The van der Waals surface area contributed by atoms with Crippen molar-refractivity contribution in [3.63, 3.8) is 0 Å². The molecule has 1 saturated carbocycles. The van der Waals surface area contributed by atoms with Crippen molar-refractivity contribution < 1.29 is 57.8 Å². The van der Waals surface area contributed by atoms with Gasteiger partial charge in [-0.3, -0.25) is 0 Å². The molecule has 0 spiro atoms. The highest BCUT2D eigenvalue weighted by molar-refractivity contribution is 5.67. The van der Waals surface area contributed by atoms with E-state index in [0.29, 0.717) is 48.4 Å². The Bertz CT molecular complexity index is 1780. The predicted octanol–water partition coefficient (Wildman–Crippen LogP) is 12.7. The Morgan fingerprint density at radius 3 is 1.66 bits per heavy atom. The maximum Gasteiger partial charge on any atom is 0.573 e. The third kappa shape index (κ3) is 8.53. The summed E-state index contributed by atoms with van der Waals surface area (Å²) in [5.74, 6) is -11.4. The molecule has 0 aromatic heterocycles. The van der Waals surface area contributed by atoms with Gasteiger partial charge in [-0.15, -0.1) is 13.2 Å². The largest absolute Gasteiger partial charge is 0.573 e. The van der Waals surface area contributed by atoms with Gasteiger partial charge in [0.1, 0.15) is 34.6 Å². The van der Waals surface area contributed by atoms with Crippen LogP contribution >= 0.6 is 0 Å². The van der Waals surface area contributed by atoms with Crippen molar-refractivity contribution in [2.24, 2.45) is 5.92 Å². The number of hydrogen-bond acceptors (Lipinski definition) is 2. The van der Waals surface area contributed by atoms with Gasteiger partial charge in [-0.2, -0.15) is 8.78 Å². The summed E-state index contributed by atoms with van der Waals surface area (Å²) in [5.41, 5.74) is -2.91. The summed E-state index contributed by atoms with van der Waals surface area (Å²) in [6.45, 7) is 2.15. The third-order valence-corrected chi connectivity index (χ3v) is 8.89. The highest BCUT2D eigenvalue weighted by Crippen LogP contribution is 2.41. The highest BCUT2D eigenvalue weighted by atomic mass is 19.4. The minimum atomic E-state index is -5.42. The zero-order valence-corrected chi connectivity index (χ0v) is 26.6. The van der Waals surface area contributed by atoms with Gasteiger partial charge in [0.15, 0.2) is 11.6 Å². The summed E-state index contributed by atoms with van der Waals surface area (Å²) in [6.07, 6.45) is -1.62. The number of rotatable bonds is 11. The maximum absolute atomic E-state index is 15.2. The molecule has 0 atom stereocenters. The molecule has 1 aliphatic rings.